The molecule has 0 unspecified atom stereocenters. The van der Waals surface area contributed by atoms with Crippen LogP contribution in [0.1, 0.15) is 41.6 Å². The maximum Gasteiger partial charge on any atom is 0.253 e. The zero-order valence-electron chi connectivity index (χ0n) is 13.8. The monoisotopic (exact) mass is 315 g/mol. The smallest absolute Gasteiger partial charge is 0.253 e. The Morgan fingerprint density at radius 3 is 2.91 bits per heavy atom. The topological polar surface area (TPSA) is 52.7 Å². The SMILES string of the molecule is CN[C@H]1CCCN(C(=O)c2cccc(CN3CCCC3=O)c2)C1. The standard InChI is InChI=1S/C18H25N3O2/c1-19-16-7-3-10-21(13-16)18(23)15-6-2-5-14(11-15)12-20-9-4-8-17(20)22/h2,5-6,11,16,19H,3-4,7-10,12-13H2,1H3/t16-/m0/s1. The molecule has 1 N–H and O–H groups in total. The number of nitrogens with zero attached hydrogens (tertiary/aromatic N) is 2. The number of amides is 2. The summed E-state index contributed by atoms with van der Waals surface area (Å²) in [5.41, 5.74) is 1.76. The minimum Gasteiger partial charge on any atom is -0.338 e. The Morgan fingerprint density at radius 2 is 2.17 bits per heavy atom. The molecule has 0 radical (unpaired) electrons. The van der Waals surface area contributed by atoms with Crippen molar-refractivity contribution in [2.75, 3.05) is 26.7 Å². The van der Waals surface area contributed by atoms with Crippen LogP contribution in [0.15, 0.2) is 24.3 Å². The van der Waals surface area contributed by atoms with E-state index >= 15 is 0 Å². The summed E-state index contributed by atoms with van der Waals surface area (Å²) in [5, 5.41) is 3.27. The summed E-state index contributed by atoms with van der Waals surface area (Å²) in [7, 11) is 1.95. The van der Waals surface area contributed by atoms with Gasteiger partial charge in [-0.15, -0.1) is 0 Å². The number of rotatable bonds is 4. The zero-order chi connectivity index (χ0) is 16.2. The van der Waals surface area contributed by atoms with Crippen molar-refractivity contribution in [3.63, 3.8) is 0 Å². The average Bonchev–Trinajstić information content (AvgIpc) is 2.99. The quantitative estimate of drug-likeness (QED) is 0.919. The van der Waals surface area contributed by atoms with Crippen molar-refractivity contribution in [1.82, 2.24) is 15.1 Å². The molecule has 0 saturated carbocycles. The highest BCUT2D eigenvalue weighted by atomic mass is 16.2. The summed E-state index contributed by atoms with van der Waals surface area (Å²) in [4.78, 5) is 28.3. The van der Waals surface area contributed by atoms with Crippen LogP contribution in [0, 0.1) is 0 Å². The first-order chi connectivity index (χ1) is 11.2. The molecule has 2 heterocycles. The first kappa shape index (κ1) is 16.0. The fourth-order valence-corrected chi connectivity index (χ4v) is 3.47. The van der Waals surface area contributed by atoms with Gasteiger partial charge in [-0.05, 0) is 44.0 Å². The molecule has 2 saturated heterocycles. The molecule has 2 aliphatic rings. The third-order valence-electron chi connectivity index (χ3n) is 4.84. The molecule has 124 valence electrons. The van der Waals surface area contributed by atoms with Crippen LogP contribution in [0.2, 0.25) is 0 Å². The Morgan fingerprint density at radius 1 is 1.30 bits per heavy atom. The summed E-state index contributed by atoms with van der Waals surface area (Å²) in [6.45, 7) is 3.03. The molecule has 1 aromatic carbocycles. The number of hydrogen-bond acceptors (Lipinski definition) is 3. The van der Waals surface area contributed by atoms with Gasteiger partial charge in [0.1, 0.15) is 0 Å². The van der Waals surface area contributed by atoms with E-state index in [0.29, 0.717) is 19.0 Å². The van der Waals surface area contributed by atoms with E-state index in [1.807, 2.05) is 41.1 Å². The maximum absolute atomic E-state index is 12.7. The molecule has 5 nitrogen and oxygen atoms in total. The highest BCUT2D eigenvalue weighted by molar-refractivity contribution is 5.94. The number of benzene rings is 1. The molecule has 2 fully saturated rings. The minimum atomic E-state index is 0.0968. The van der Waals surface area contributed by atoms with Gasteiger partial charge in [0.15, 0.2) is 0 Å². The normalized spacial score (nSPS) is 21.8. The van der Waals surface area contributed by atoms with Crippen LogP contribution in [0.4, 0.5) is 0 Å². The lowest BCUT2D eigenvalue weighted by Gasteiger charge is -2.32. The lowest BCUT2D eigenvalue weighted by molar-refractivity contribution is -0.128. The van der Waals surface area contributed by atoms with Gasteiger partial charge >= 0.3 is 0 Å². The van der Waals surface area contributed by atoms with Crippen molar-refractivity contribution in [2.45, 2.75) is 38.3 Å². The molecule has 0 bridgehead atoms. The van der Waals surface area contributed by atoms with E-state index in [1.54, 1.807) is 0 Å². The molecule has 1 aromatic rings. The second-order valence-electron chi connectivity index (χ2n) is 6.50. The number of hydrogen-bond donors (Lipinski definition) is 1. The van der Waals surface area contributed by atoms with Gasteiger partial charge in [-0.1, -0.05) is 12.1 Å². The van der Waals surface area contributed by atoms with Gasteiger partial charge in [0, 0.05) is 44.2 Å². The fraction of sp³-hybridized carbons (Fsp3) is 0.556. The van der Waals surface area contributed by atoms with Gasteiger partial charge in [0.25, 0.3) is 5.91 Å². The van der Waals surface area contributed by atoms with Crippen LogP contribution in [0.3, 0.4) is 0 Å². The second kappa shape index (κ2) is 7.13. The summed E-state index contributed by atoms with van der Waals surface area (Å²) < 4.78 is 0. The molecule has 23 heavy (non-hydrogen) atoms. The van der Waals surface area contributed by atoms with E-state index in [2.05, 4.69) is 5.32 Å². The van der Waals surface area contributed by atoms with Gasteiger partial charge in [-0.25, -0.2) is 0 Å². The summed E-state index contributed by atoms with van der Waals surface area (Å²) in [6.07, 6.45) is 3.76. The minimum absolute atomic E-state index is 0.0968. The van der Waals surface area contributed by atoms with Crippen LogP contribution >= 0.6 is 0 Å². The van der Waals surface area contributed by atoms with E-state index in [4.69, 9.17) is 0 Å². The number of piperidine rings is 1. The van der Waals surface area contributed by atoms with Gasteiger partial charge in [0.2, 0.25) is 5.91 Å². The first-order valence-electron chi connectivity index (χ1n) is 8.50. The molecular weight excluding hydrogens is 290 g/mol. The Hall–Kier alpha value is -1.88. The van der Waals surface area contributed by atoms with Crippen molar-refractivity contribution >= 4 is 11.8 Å². The molecule has 1 atom stereocenters. The van der Waals surface area contributed by atoms with E-state index in [1.165, 1.54) is 0 Å². The Bertz CT molecular complexity index is 587. The van der Waals surface area contributed by atoms with Crippen LogP contribution in [0.5, 0.6) is 0 Å². The molecule has 0 aliphatic carbocycles. The largest absolute Gasteiger partial charge is 0.338 e. The maximum atomic E-state index is 12.7. The highest BCUT2D eigenvalue weighted by Gasteiger charge is 2.24. The van der Waals surface area contributed by atoms with Gasteiger partial charge < -0.3 is 15.1 Å². The molecule has 2 aliphatic heterocycles. The molecular formula is C18H25N3O2. The molecule has 2 amide bonds. The lowest BCUT2D eigenvalue weighted by atomic mass is 10.0. The highest BCUT2D eigenvalue weighted by Crippen LogP contribution is 2.18. The van der Waals surface area contributed by atoms with E-state index in [-0.39, 0.29) is 11.8 Å². The van der Waals surface area contributed by atoms with Crippen LogP contribution in [0.25, 0.3) is 0 Å². The Labute approximate surface area is 137 Å². The summed E-state index contributed by atoms with van der Waals surface area (Å²) in [5.74, 6) is 0.314. The number of nitrogens with one attached hydrogen (secondary N) is 1. The number of likely N-dealkylation sites (N-methyl/N-ethyl adjacent to an activating group) is 1. The van der Waals surface area contributed by atoms with E-state index in [9.17, 15) is 9.59 Å². The van der Waals surface area contributed by atoms with E-state index in [0.717, 1.165) is 50.0 Å². The van der Waals surface area contributed by atoms with Crippen molar-refractivity contribution in [2.24, 2.45) is 0 Å². The number of carbonyl (C=O) groups is 2. The van der Waals surface area contributed by atoms with Crippen molar-refractivity contribution in [3.05, 3.63) is 35.4 Å². The number of carbonyl (C=O) groups excluding carboxylic acids is 2. The molecule has 0 aromatic heterocycles. The molecule has 5 heteroatoms. The van der Waals surface area contributed by atoms with Gasteiger partial charge in [0.05, 0.1) is 0 Å². The van der Waals surface area contributed by atoms with Crippen molar-refractivity contribution in [3.8, 4) is 0 Å². The lowest BCUT2D eigenvalue weighted by Crippen LogP contribution is -2.46. The van der Waals surface area contributed by atoms with Crippen molar-refractivity contribution < 1.29 is 9.59 Å². The van der Waals surface area contributed by atoms with Crippen LogP contribution in [-0.2, 0) is 11.3 Å². The predicted molar refractivity (Wildman–Crippen MR) is 89.1 cm³/mol. The third-order valence-corrected chi connectivity index (χ3v) is 4.84. The van der Waals surface area contributed by atoms with Gasteiger partial charge in [-0.2, -0.15) is 0 Å². The van der Waals surface area contributed by atoms with Crippen molar-refractivity contribution in [1.29, 1.82) is 0 Å². The zero-order valence-corrected chi connectivity index (χ0v) is 13.8. The van der Waals surface area contributed by atoms with E-state index < -0.39 is 0 Å². The summed E-state index contributed by atoms with van der Waals surface area (Å²) >= 11 is 0. The predicted octanol–water partition coefficient (Wildman–Crippen LogP) is 1.63. The summed E-state index contributed by atoms with van der Waals surface area (Å²) in [6, 6.07) is 8.12. The van der Waals surface area contributed by atoms with Gasteiger partial charge in [-0.3, -0.25) is 9.59 Å². The van der Waals surface area contributed by atoms with Crippen LogP contribution < -0.4 is 5.32 Å². The Kier molecular flexibility index (Phi) is 4.96. The molecule has 3 rings (SSSR count). The van der Waals surface area contributed by atoms with Crippen LogP contribution in [-0.4, -0.2) is 54.3 Å². The second-order valence-corrected chi connectivity index (χ2v) is 6.50. The third kappa shape index (κ3) is 3.72. The fourth-order valence-electron chi connectivity index (χ4n) is 3.47. The molecule has 0 spiro atoms. The average molecular weight is 315 g/mol. The Balaban J connectivity index is 1.68. The first-order valence-corrected chi connectivity index (χ1v) is 8.50. The number of likely N-dealkylation sites (tertiary alicyclic amines) is 2.